The van der Waals surface area contributed by atoms with Crippen molar-refractivity contribution >= 4 is 29.1 Å². The summed E-state index contributed by atoms with van der Waals surface area (Å²) in [5.74, 6) is -1.32. The Morgan fingerprint density at radius 2 is 2.10 bits per heavy atom. The summed E-state index contributed by atoms with van der Waals surface area (Å²) in [7, 11) is 0. The molecule has 0 spiro atoms. The van der Waals surface area contributed by atoms with Gasteiger partial charge in [-0.3, -0.25) is 14.4 Å². The van der Waals surface area contributed by atoms with E-state index in [0.29, 0.717) is 18.4 Å². The molecule has 114 valence electrons. The third-order valence-corrected chi connectivity index (χ3v) is 4.31. The summed E-state index contributed by atoms with van der Waals surface area (Å²) in [5, 5.41) is 17.9. The normalized spacial score (nSPS) is 15.8. The second kappa shape index (κ2) is 6.71. The molecule has 0 unspecified atom stereocenters. The molecule has 1 aliphatic carbocycles. The van der Waals surface area contributed by atoms with Crippen molar-refractivity contribution in [2.24, 2.45) is 0 Å². The molecule has 0 atom stereocenters. The van der Waals surface area contributed by atoms with Gasteiger partial charge in [0.15, 0.2) is 0 Å². The predicted octanol–water partition coefficient (Wildman–Crippen LogP) is 1.38. The van der Waals surface area contributed by atoms with E-state index in [2.05, 4.69) is 10.6 Å². The lowest BCUT2D eigenvalue weighted by atomic mass is 9.74. The van der Waals surface area contributed by atoms with Crippen molar-refractivity contribution in [2.45, 2.75) is 37.6 Å². The number of aliphatic carboxylic acids is 1. The lowest BCUT2D eigenvalue weighted by molar-refractivity contribution is -0.140. The molecule has 0 radical (unpaired) electrons. The molecular weight excluding hydrogens is 292 g/mol. The molecule has 3 N–H and O–H groups in total. The Morgan fingerprint density at radius 3 is 2.62 bits per heavy atom. The zero-order valence-corrected chi connectivity index (χ0v) is 12.4. The van der Waals surface area contributed by atoms with Crippen LogP contribution >= 0.6 is 11.3 Å². The minimum Gasteiger partial charge on any atom is -0.481 e. The number of carbonyl (C=O) groups is 3. The Kier molecular flexibility index (Phi) is 4.95. The average Bonchev–Trinajstić information content (AvgIpc) is 2.89. The molecule has 2 amide bonds. The van der Waals surface area contributed by atoms with Gasteiger partial charge < -0.3 is 15.7 Å². The van der Waals surface area contributed by atoms with E-state index >= 15 is 0 Å². The van der Waals surface area contributed by atoms with Crippen LogP contribution in [-0.2, 0) is 9.59 Å². The molecule has 21 heavy (non-hydrogen) atoms. The molecule has 7 heteroatoms. The maximum absolute atomic E-state index is 11.8. The van der Waals surface area contributed by atoms with Gasteiger partial charge in [-0.2, -0.15) is 11.3 Å². The third-order valence-electron chi connectivity index (χ3n) is 3.63. The number of hydrogen-bond donors (Lipinski definition) is 3. The van der Waals surface area contributed by atoms with Gasteiger partial charge in [-0.15, -0.1) is 0 Å². The van der Waals surface area contributed by atoms with Crippen LogP contribution in [0.1, 0.15) is 42.5 Å². The van der Waals surface area contributed by atoms with Gasteiger partial charge in [0, 0.05) is 23.9 Å². The van der Waals surface area contributed by atoms with Crippen LogP contribution in [-0.4, -0.2) is 35.0 Å². The van der Waals surface area contributed by atoms with E-state index in [1.165, 1.54) is 11.3 Å². The summed E-state index contributed by atoms with van der Waals surface area (Å²) < 4.78 is 0. The molecule has 0 aliphatic heterocycles. The van der Waals surface area contributed by atoms with Crippen molar-refractivity contribution in [3.63, 3.8) is 0 Å². The minimum atomic E-state index is -0.902. The van der Waals surface area contributed by atoms with Crippen LogP contribution in [0.3, 0.4) is 0 Å². The van der Waals surface area contributed by atoms with Crippen molar-refractivity contribution < 1.29 is 19.5 Å². The SMILES string of the molecule is O=C(O)CC1(NC(=O)CCNC(=O)c2ccsc2)CCC1. The van der Waals surface area contributed by atoms with E-state index in [-0.39, 0.29) is 31.2 Å². The van der Waals surface area contributed by atoms with Gasteiger partial charge in [0.25, 0.3) is 5.91 Å². The Bertz CT molecular complexity index is 523. The van der Waals surface area contributed by atoms with E-state index < -0.39 is 11.5 Å². The first-order chi connectivity index (χ1) is 10.0. The van der Waals surface area contributed by atoms with Gasteiger partial charge in [-0.25, -0.2) is 0 Å². The zero-order valence-electron chi connectivity index (χ0n) is 11.6. The first-order valence-electron chi connectivity index (χ1n) is 6.84. The minimum absolute atomic E-state index is 0.0417. The Labute approximate surface area is 126 Å². The number of hydrogen-bond acceptors (Lipinski definition) is 4. The number of nitrogens with one attached hydrogen (secondary N) is 2. The maximum Gasteiger partial charge on any atom is 0.305 e. The molecule has 0 aromatic carbocycles. The summed E-state index contributed by atoms with van der Waals surface area (Å²) in [6.45, 7) is 0.240. The number of amides is 2. The van der Waals surface area contributed by atoms with Crippen LogP contribution in [0, 0.1) is 0 Å². The number of carbonyl (C=O) groups excluding carboxylic acids is 2. The van der Waals surface area contributed by atoms with Gasteiger partial charge in [0.05, 0.1) is 12.0 Å². The molecule has 6 nitrogen and oxygen atoms in total. The van der Waals surface area contributed by atoms with Gasteiger partial charge in [0.1, 0.15) is 0 Å². The number of thiophene rings is 1. The van der Waals surface area contributed by atoms with Crippen LogP contribution in [0.25, 0.3) is 0 Å². The summed E-state index contributed by atoms with van der Waals surface area (Å²) in [6, 6.07) is 1.72. The lowest BCUT2D eigenvalue weighted by Gasteiger charge is -2.41. The molecule has 0 saturated heterocycles. The maximum atomic E-state index is 11.8. The van der Waals surface area contributed by atoms with Crippen LogP contribution < -0.4 is 10.6 Å². The van der Waals surface area contributed by atoms with Crippen LogP contribution in [0.5, 0.6) is 0 Å². The van der Waals surface area contributed by atoms with Crippen molar-refractivity contribution in [1.82, 2.24) is 10.6 Å². The van der Waals surface area contributed by atoms with E-state index in [1.54, 1.807) is 11.4 Å². The second-order valence-corrected chi connectivity index (χ2v) is 6.05. The quantitative estimate of drug-likeness (QED) is 0.709. The monoisotopic (exact) mass is 310 g/mol. The van der Waals surface area contributed by atoms with Crippen molar-refractivity contribution in [3.8, 4) is 0 Å². The topological polar surface area (TPSA) is 95.5 Å². The molecule has 1 saturated carbocycles. The van der Waals surface area contributed by atoms with Gasteiger partial charge in [0.2, 0.25) is 5.91 Å². The highest BCUT2D eigenvalue weighted by Gasteiger charge is 2.40. The van der Waals surface area contributed by atoms with Crippen molar-refractivity contribution in [1.29, 1.82) is 0 Å². The fraction of sp³-hybridized carbons (Fsp3) is 0.500. The number of carboxylic acid groups (broad SMARTS) is 1. The average molecular weight is 310 g/mol. The van der Waals surface area contributed by atoms with Crippen molar-refractivity contribution in [3.05, 3.63) is 22.4 Å². The van der Waals surface area contributed by atoms with Gasteiger partial charge in [-0.1, -0.05) is 0 Å². The molecule has 2 rings (SSSR count). The molecule has 1 aromatic heterocycles. The fourth-order valence-electron chi connectivity index (χ4n) is 2.38. The second-order valence-electron chi connectivity index (χ2n) is 5.27. The van der Waals surface area contributed by atoms with Crippen LogP contribution in [0.15, 0.2) is 16.8 Å². The first-order valence-corrected chi connectivity index (χ1v) is 7.78. The molecule has 1 heterocycles. The largest absolute Gasteiger partial charge is 0.481 e. The summed E-state index contributed by atoms with van der Waals surface area (Å²) in [5.41, 5.74) is 0.00190. The summed E-state index contributed by atoms with van der Waals surface area (Å²) in [6.07, 6.45) is 2.44. The highest BCUT2D eigenvalue weighted by atomic mass is 32.1. The van der Waals surface area contributed by atoms with E-state index in [0.717, 1.165) is 6.42 Å². The smallest absolute Gasteiger partial charge is 0.305 e. The predicted molar refractivity (Wildman–Crippen MR) is 78.2 cm³/mol. The van der Waals surface area contributed by atoms with Crippen LogP contribution in [0.2, 0.25) is 0 Å². The summed E-state index contributed by atoms with van der Waals surface area (Å²) >= 11 is 1.44. The molecule has 1 aromatic rings. The zero-order chi connectivity index (χ0) is 15.3. The number of carboxylic acids is 1. The number of rotatable bonds is 7. The van der Waals surface area contributed by atoms with E-state index in [4.69, 9.17) is 5.11 Å². The Morgan fingerprint density at radius 1 is 1.33 bits per heavy atom. The van der Waals surface area contributed by atoms with Gasteiger partial charge in [-0.05, 0) is 30.7 Å². The Balaban J connectivity index is 1.72. The molecular formula is C14H18N2O4S. The lowest BCUT2D eigenvalue weighted by Crippen LogP contribution is -2.55. The fourth-order valence-corrected chi connectivity index (χ4v) is 3.02. The van der Waals surface area contributed by atoms with E-state index in [9.17, 15) is 14.4 Å². The summed E-state index contributed by atoms with van der Waals surface area (Å²) in [4.78, 5) is 34.3. The highest BCUT2D eigenvalue weighted by molar-refractivity contribution is 7.08. The first kappa shape index (κ1) is 15.5. The highest BCUT2D eigenvalue weighted by Crippen LogP contribution is 2.34. The van der Waals surface area contributed by atoms with E-state index in [1.807, 2.05) is 5.38 Å². The molecule has 1 aliphatic rings. The van der Waals surface area contributed by atoms with Gasteiger partial charge >= 0.3 is 5.97 Å². The standard InChI is InChI=1S/C14H18N2O4S/c17-11(16-14(4-1-5-14)8-12(18)19)2-6-15-13(20)10-3-7-21-9-10/h3,7,9H,1-2,4-6,8H2,(H,15,20)(H,16,17)(H,18,19). The van der Waals surface area contributed by atoms with Crippen molar-refractivity contribution in [2.75, 3.05) is 6.54 Å². The Hall–Kier alpha value is -1.89. The van der Waals surface area contributed by atoms with Crippen LogP contribution in [0.4, 0.5) is 0 Å². The third kappa shape index (κ3) is 4.29. The molecule has 1 fully saturated rings. The molecule has 0 bridgehead atoms.